The molecule has 7 N–H and O–H groups in total. The summed E-state index contributed by atoms with van der Waals surface area (Å²) in [5.41, 5.74) is 7.38. The summed E-state index contributed by atoms with van der Waals surface area (Å²) in [6.07, 6.45) is 0. The molecule has 11 heavy (non-hydrogen) atoms. The van der Waals surface area contributed by atoms with Gasteiger partial charge in [-0.05, 0) is 0 Å². The number of primary amides is 1. The van der Waals surface area contributed by atoms with Gasteiger partial charge in [0.05, 0.1) is 6.61 Å². The van der Waals surface area contributed by atoms with Crippen LogP contribution in [0, 0.1) is 0 Å². The Bertz CT molecular complexity index is 182. The first-order chi connectivity index (χ1) is 4.92. The molecule has 0 saturated heterocycles. The average Bonchev–Trinajstić information content (AvgIpc) is 1.86. The molecule has 0 saturated carbocycles. The van der Waals surface area contributed by atoms with Crippen LogP contribution in [0.25, 0.3) is 0 Å². The van der Waals surface area contributed by atoms with Crippen molar-refractivity contribution in [1.29, 1.82) is 0 Å². The lowest BCUT2D eigenvalue weighted by atomic mass is 10.2. The van der Waals surface area contributed by atoms with Crippen molar-refractivity contribution in [3.05, 3.63) is 0 Å². The summed E-state index contributed by atoms with van der Waals surface area (Å²) < 4.78 is 0. The maximum Gasteiger partial charge on any atom is 0.347 e. The van der Waals surface area contributed by atoms with E-state index >= 15 is 0 Å². The number of amides is 2. The first-order valence-corrected chi connectivity index (χ1v) is 2.63. The molecule has 0 bridgehead atoms. The largest absolute Gasteiger partial charge is 0.478 e. The van der Waals surface area contributed by atoms with Gasteiger partial charge >= 0.3 is 12.0 Å². The summed E-state index contributed by atoms with van der Waals surface area (Å²) in [7, 11) is 0. The van der Waals surface area contributed by atoms with Gasteiger partial charge in [-0.3, -0.25) is 5.73 Å². The van der Waals surface area contributed by atoms with E-state index in [9.17, 15) is 9.59 Å². The highest BCUT2D eigenvalue weighted by Gasteiger charge is 2.34. The van der Waals surface area contributed by atoms with Gasteiger partial charge in [0, 0.05) is 0 Å². The van der Waals surface area contributed by atoms with Gasteiger partial charge in [-0.15, -0.1) is 0 Å². The van der Waals surface area contributed by atoms with E-state index in [4.69, 9.17) is 15.9 Å². The Morgan fingerprint density at radius 1 is 1.55 bits per heavy atom. The minimum Gasteiger partial charge on any atom is -0.478 e. The first-order valence-electron chi connectivity index (χ1n) is 2.63. The summed E-state index contributed by atoms with van der Waals surface area (Å²) in [6, 6.07) is -1.11. The quantitative estimate of drug-likeness (QED) is 0.290. The zero-order valence-electron chi connectivity index (χ0n) is 5.57. The van der Waals surface area contributed by atoms with Crippen LogP contribution in [0.2, 0.25) is 0 Å². The van der Waals surface area contributed by atoms with Crippen molar-refractivity contribution < 1.29 is 19.8 Å². The molecule has 0 spiro atoms. The molecule has 2 amide bonds. The molecule has 0 rings (SSSR count). The molecular formula is C4H9N3O4. The molecule has 1 atom stereocenters. The Balaban J connectivity index is 4.34. The van der Waals surface area contributed by atoms with Crippen molar-refractivity contribution in [2.45, 2.75) is 5.66 Å². The van der Waals surface area contributed by atoms with Crippen LogP contribution in [0.4, 0.5) is 4.79 Å². The van der Waals surface area contributed by atoms with Gasteiger partial charge in [-0.2, -0.15) is 0 Å². The first kappa shape index (κ1) is 9.66. The number of rotatable bonds is 3. The zero-order chi connectivity index (χ0) is 9.07. The third kappa shape index (κ3) is 2.40. The molecule has 0 aliphatic carbocycles. The third-order valence-corrected chi connectivity index (χ3v) is 0.977. The average molecular weight is 163 g/mol. The molecule has 0 aromatic rings. The maximum absolute atomic E-state index is 10.2. The van der Waals surface area contributed by atoms with Crippen molar-refractivity contribution in [3.63, 3.8) is 0 Å². The number of aliphatic hydroxyl groups is 1. The van der Waals surface area contributed by atoms with Gasteiger partial charge in [0.2, 0.25) is 5.66 Å². The number of carboxylic acid groups (broad SMARTS) is 1. The number of aliphatic hydroxyl groups excluding tert-OH is 1. The van der Waals surface area contributed by atoms with Crippen molar-refractivity contribution >= 4 is 12.0 Å². The molecule has 0 unspecified atom stereocenters. The summed E-state index contributed by atoms with van der Waals surface area (Å²) >= 11 is 0. The molecule has 0 aliphatic heterocycles. The number of hydrogen-bond acceptors (Lipinski definition) is 4. The Morgan fingerprint density at radius 3 is 2.09 bits per heavy atom. The smallest absolute Gasteiger partial charge is 0.347 e. The van der Waals surface area contributed by atoms with E-state index in [-0.39, 0.29) is 0 Å². The standard InChI is InChI=1S/C4H9N3O4/c5-3(11)7-4(6,1-8)2(9)10/h8H,1,6H2,(H,9,10)(H3,5,7,11)/t4-/m1/s1. The summed E-state index contributed by atoms with van der Waals surface area (Å²) in [5, 5.41) is 18.4. The highest BCUT2D eigenvalue weighted by molar-refractivity contribution is 5.84. The van der Waals surface area contributed by atoms with Gasteiger partial charge in [0.15, 0.2) is 0 Å². The number of urea groups is 1. The van der Waals surface area contributed by atoms with E-state index in [0.717, 1.165) is 0 Å². The van der Waals surface area contributed by atoms with E-state index < -0.39 is 24.3 Å². The number of carboxylic acids is 1. The number of carbonyl (C=O) groups excluding carboxylic acids is 1. The lowest BCUT2D eigenvalue weighted by molar-refractivity contribution is -0.145. The maximum atomic E-state index is 10.2. The molecule has 0 fully saturated rings. The molecule has 64 valence electrons. The second-order valence-corrected chi connectivity index (χ2v) is 1.92. The lowest BCUT2D eigenvalue weighted by Crippen LogP contribution is -2.65. The van der Waals surface area contributed by atoms with E-state index in [1.807, 2.05) is 0 Å². The monoisotopic (exact) mass is 163 g/mol. The van der Waals surface area contributed by atoms with Crippen LogP contribution in [0.1, 0.15) is 0 Å². The number of carbonyl (C=O) groups is 2. The minimum atomic E-state index is -2.19. The normalized spacial score (nSPS) is 15.1. The summed E-state index contributed by atoms with van der Waals surface area (Å²) in [6.45, 7) is -0.925. The van der Waals surface area contributed by atoms with Crippen LogP contribution in [0.5, 0.6) is 0 Å². The second kappa shape index (κ2) is 3.17. The highest BCUT2D eigenvalue weighted by Crippen LogP contribution is 1.92. The predicted octanol–water partition coefficient (Wildman–Crippen LogP) is -2.61. The van der Waals surface area contributed by atoms with Crippen molar-refractivity contribution in [2.75, 3.05) is 6.61 Å². The molecule has 7 nitrogen and oxygen atoms in total. The summed E-state index contributed by atoms with van der Waals surface area (Å²) in [4.78, 5) is 20.4. The molecule has 0 heterocycles. The van der Waals surface area contributed by atoms with Gasteiger partial charge in [0.1, 0.15) is 0 Å². The fourth-order valence-corrected chi connectivity index (χ4v) is 0.380. The molecule has 0 aromatic heterocycles. The van der Waals surface area contributed by atoms with Crippen molar-refractivity contribution in [3.8, 4) is 0 Å². The Morgan fingerprint density at radius 2 is 2.00 bits per heavy atom. The fraction of sp³-hybridized carbons (Fsp3) is 0.500. The van der Waals surface area contributed by atoms with Gasteiger partial charge in [-0.1, -0.05) is 0 Å². The topological polar surface area (TPSA) is 139 Å². The van der Waals surface area contributed by atoms with Crippen LogP contribution in [0.3, 0.4) is 0 Å². The fourth-order valence-electron chi connectivity index (χ4n) is 0.380. The molecule has 0 aromatic carbocycles. The number of aliphatic carboxylic acids is 1. The SMILES string of the molecule is NC(=O)N[C@](N)(CO)C(=O)O. The molecule has 0 radical (unpaired) electrons. The zero-order valence-corrected chi connectivity index (χ0v) is 5.57. The van der Waals surface area contributed by atoms with E-state index in [2.05, 4.69) is 5.73 Å². The minimum absolute atomic E-state index is 0.925. The van der Waals surface area contributed by atoms with E-state index in [1.165, 1.54) is 0 Å². The lowest BCUT2D eigenvalue weighted by Gasteiger charge is -2.21. The van der Waals surface area contributed by atoms with E-state index in [0.29, 0.717) is 0 Å². The Hall–Kier alpha value is -1.34. The number of nitrogens with two attached hydrogens (primary N) is 2. The highest BCUT2D eigenvalue weighted by atomic mass is 16.4. The van der Waals surface area contributed by atoms with Crippen molar-refractivity contribution in [2.24, 2.45) is 11.5 Å². The van der Waals surface area contributed by atoms with Gasteiger partial charge < -0.3 is 21.3 Å². The predicted molar refractivity (Wildman–Crippen MR) is 34.4 cm³/mol. The summed E-state index contributed by atoms with van der Waals surface area (Å²) in [5.74, 6) is -1.56. The third-order valence-electron chi connectivity index (χ3n) is 0.977. The number of hydrogen-bond donors (Lipinski definition) is 5. The molecule has 0 aliphatic rings. The van der Waals surface area contributed by atoms with Crippen LogP contribution >= 0.6 is 0 Å². The molecule has 7 heteroatoms. The van der Waals surface area contributed by atoms with Crippen LogP contribution in [-0.4, -0.2) is 34.5 Å². The Labute approximate surface area is 62.0 Å². The van der Waals surface area contributed by atoms with Crippen LogP contribution in [0.15, 0.2) is 0 Å². The molecular weight excluding hydrogens is 154 g/mol. The van der Waals surface area contributed by atoms with Gasteiger partial charge in [0.25, 0.3) is 0 Å². The van der Waals surface area contributed by atoms with Gasteiger partial charge in [-0.25, -0.2) is 9.59 Å². The number of nitrogens with one attached hydrogen (secondary N) is 1. The second-order valence-electron chi connectivity index (χ2n) is 1.92. The Kier molecular flexibility index (Phi) is 2.78. The van der Waals surface area contributed by atoms with Crippen LogP contribution < -0.4 is 16.8 Å². The van der Waals surface area contributed by atoms with E-state index in [1.54, 1.807) is 5.32 Å². The van der Waals surface area contributed by atoms with Crippen molar-refractivity contribution in [1.82, 2.24) is 5.32 Å². The van der Waals surface area contributed by atoms with Crippen LogP contribution in [-0.2, 0) is 4.79 Å².